The van der Waals surface area contributed by atoms with Gasteiger partial charge in [-0.1, -0.05) is 42.5 Å². The molecule has 0 atom stereocenters. The molecule has 0 aliphatic rings. The van der Waals surface area contributed by atoms with Crippen molar-refractivity contribution in [2.75, 3.05) is 0 Å². The SMILES string of the molecule is CC(C)(O)C/C=C\c1ccccc1. The molecule has 0 heterocycles. The summed E-state index contributed by atoms with van der Waals surface area (Å²) < 4.78 is 0. The third kappa shape index (κ3) is 4.48. The lowest BCUT2D eigenvalue weighted by Crippen LogP contribution is -2.16. The van der Waals surface area contributed by atoms with Crippen LogP contribution in [0.1, 0.15) is 25.8 Å². The zero-order valence-electron chi connectivity index (χ0n) is 8.20. The van der Waals surface area contributed by atoms with Gasteiger partial charge in [-0.25, -0.2) is 0 Å². The first-order chi connectivity index (χ1) is 6.08. The molecule has 1 rings (SSSR count). The van der Waals surface area contributed by atoms with Crippen LogP contribution in [-0.4, -0.2) is 10.7 Å². The number of hydrogen-bond donors (Lipinski definition) is 1. The molecule has 0 aliphatic carbocycles. The summed E-state index contributed by atoms with van der Waals surface area (Å²) in [6.07, 6.45) is 4.70. The summed E-state index contributed by atoms with van der Waals surface area (Å²) >= 11 is 0. The molecule has 70 valence electrons. The lowest BCUT2D eigenvalue weighted by Gasteiger charge is -2.13. The molecule has 0 fully saturated rings. The van der Waals surface area contributed by atoms with E-state index < -0.39 is 5.60 Å². The second kappa shape index (κ2) is 4.24. The molecule has 0 saturated heterocycles. The van der Waals surface area contributed by atoms with E-state index in [2.05, 4.69) is 0 Å². The van der Waals surface area contributed by atoms with Crippen LogP contribution >= 0.6 is 0 Å². The van der Waals surface area contributed by atoms with Crippen LogP contribution in [0.3, 0.4) is 0 Å². The lowest BCUT2D eigenvalue weighted by atomic mass is 10.0. The van der Waals surface area contributed by atoms with E-state index in [0.717, 1.165) is 0 Å². The van der Waals surface area contributed by atoms with Crippen LogP contribution in [0.4, 0.5) is 0 Å². The van der Waals surface area contributed by atoms with Crippen molar-refractivity contribution in [3.05, 3.63) is 42.0 Å². The van der Waals surface area contributed by atoms with Gasteiger partial charge < -0.3 is 5.11 Å². The first-order valence-corrected chi connectivity index (χ1v) is 4.52. The zero-order chi connectivity index (χ0) is 9.73. The van der Waals surface area contributed by atoms with Gasteiger partial charge in [-0.15, -0.1) is 0 Å². The van der Waals surface area contributed by atoms with E-state index in [0.29, 0.717) is 6.42 Å². The van der Waals surface area contributed by atoms with Gasteiger partial charge in [0.05, 0.1) is 5.60 Å². The van der Waals surface area contributed by atoms with Crippen molar-refractivity contribution < 1.29 is 5.11 Å². The van der Waals surface area contributed by atoms with Gasteiger partial charge in [0.25, 0.3) is 0 Å². The molecule has 0 amide bonds. The Kier molecular flexibility index (Phi) is 3.26. The van der Waals surface area contributed by atoms with Crippen molar-refractivity contribution in [1.82, 2.24) is 0 Å². The fourth-order valence-corrected chi connectivity index (χ4v) is 1.05. The maximum Gasteiger partial charge on any atom is 0.0626 e. The van der Waals surface area contributed by atoms with Crippen molar-refractivity contribution in [3.63, 3.8) is 0 Å². The Morgan fingerprint density at radius 1 is 1.23 bits per heavy atom. The predicted molar refractivity (Wildman–Crippen MR) is 56.4 cm³/mol. The van der Waals surface area contributed by atoms with E-state index in [-0.39, 0.29) is 0 Å². The highest BCUT2D eigenvalue weighted by Gasteiger charge is 2.08. The smallest absolute Gasteiger partial charge is 0.0626 e. The Morgan fingerprint density at radius 3 is 2.38 bits per heavy atom. The van der Waals surface area contributed by atoms with Gasteiger partial charge in [-0.05, 0) is 25.8 Å². The largest absolute Gasteiger partial charge is 0.390 e. The van der Waals surface area contributed by atoms with E-state index in [4.69, 9.17) is 0 Å². The molecular weight excluding hydrogens is 160 g/mol. The van der Waals surface area contributed by atoms with Gasteiger partial charge in [0, 0.05) is 0 Å². The minimum atomic E-state index is -0.606. The normalized spacial score (nSPS) is 12.2. The standard InChI is InChI=1S/C12H16O/c1-12(2,13)10-6-9-11-7-4-3-5-8-11/h3-9,13H,10H2,1-2H3/b9-6-. The highest BCUT2D eigenvalue weighted by atomic mass is 16.3. The fourth-order valence-electron chi connectivity index (χ4n) is 1.05. The molecule has 0 spiro atoms. The molecule has 1 nitrogen and oxygen atoms in total. The van der Waals surface area contributed by atoms with E-state index in [9.17, 15) is 5.11 Å². The summed E-state index contributed by atoms with van der Waals surface area (Å²) in [6, 6.07) is 10.1. The van der Waals surface area contributed by atoms with E-state index >= 15 is 0 Å². The van der Waals surface area contributed by atoms with E-state index in [1.54, 1.807) is 0 Å². The molecule has 0 radical (unpaired) electrons. The third-order valence-corrected chi connectivity index (χ3v) is 1.73. The van der Waals surface area contributed by atoms with Crippen LogP contribution in [0.15, 0.2) is 36.4 Å². The molecule has 1 aromatic rings. The predicted octanol–water partition coefficient (Wildman–Crippen LogP) is 2.86. The summed E-state index contributed by atoms with van der Waals surface area (Å²) in [6.45, 7) is 3.62. The number of benzene rings is 1. The van der Waals surface area contributed by atoms with Crippen molar-refractivity contribution in [3.8, 4) is 0 Å². The molecule has 0 unspecified atom stereocenters. The molecule has 0 bridgehead atoms. The van der Waals surface area contributed by atoms with Gasteiger partial charge in [-0.2, -0.15) is 0 Å². The second-order valence-corrected chi connectivity index (χ2v) is 3.83. The second-order valence-electron chi connectivity index (χ2n) is 3.83. The summed E-state index contributed by atoms with van der Waals surface area (Å²) in [5.41, 5.74) is 0.567. The average Bonchev–Trinajstić information content (AvgIpc) is 2.04. The summed E-state index contributed by atoms with van der Waals surface area (Å²) in [4.78, 5) is 0. The van der Waals surface area contributed by atoms with Crippen LogP contribution in [0.5, 0.6) is 0 Å². The van der Waals surface area contributed by atoms with Gasteiger partial charge in [0.15, 0.2) is 0 Å². The molecule has 0 aliphatic heterocycles. The van der Waals surface area contributed by atoms with E-state index in [1.165, 1.54) is 5.56 Å². The van der Waals surface area contributed by atoms with Crippen LogP contribution in [0.2, 0.25) is 0 Å². The molecular formula is C12H16O. The number of aliphatic hydroxyl groups is 1. The Bertz CT molecular complexity index is 267. The monoisotopic (exact) mass is 176 g/mol. The maximum atomic E-state index is 9.44. The minimum Gasteiger partial charge on any atom is -0.390 e. The van der Waals surface area contributed by atoms with Gasteiger partial charge in [0.1, 0.15) is 0 Å². The van der Waals surface area contributed by atoms with Crippen LogP contribution < -0.4 is 0 Å². The van der Waals surface area contributed by atoms with E-state index in [1.807, 2.05) is 56.3 Å². The summed E-state index contributed by atoms with van der Waals surface area (Å²) in [5.74, 6) is 0. The highest BCUT2D eigenvalue weighted by Crippen LogP contribution is 2.10. The van der Waals surface area contributed by atoms with Crippen LogP contribution in [-0.2, 0) is 0 Å². The molecule has 1 N–H and O–H groups in total. The maximum absolute atomic E-state index is 9.44. The third-order valence-electron chi connectivity index (χ3n) is 1.73. The number of hydrogen-bond acceptors (Lipinski definition) is 1. The van der Waals surface area contributed by atoms with Gasteiger partial charge in [0.2, 0.25) is 0 Å². The highest BCUT2D eigenvalue weighted by molar-refractivity contribution is 5.48. The Labute approximate surface area is 79.7 Å². The van der Waals surface area contributed by atoms with Gasteiger partial charge in [-0.3, -0.25) is 0 Å². The molecule has 1 aromatic carbocycles. The first-order valence-electron chi connectivity index (χ1n) is 4.52. The molecule has 0 saturated carbocycles. The zero-order valence-corrected chi connectivity index (χ0v) is 8.20. The van der Waals surface area contributed by atoms with Crippen molar-refractivity contribution in [2.24, 2.45) is 0 Å². The minimum absolute atomic E-state index is 0.606. The van der Waals surface area contributed by atoms with Crippen molar-refractivity contribution in [2.45, 2.75) is 25.9 Å². The molecule has 1 heteroatoms. The quantitative estimate of drug-likeness (QED) is 0.750. The Balaban J connectivity index is 2.51. The number of rotatable bonds is 3. The Morgan fingerprint density at radius 2 is 1.85 bits per heavy atom. The van der Waals surface area contributed by atoms with Crippen LogP contribution in [0.25, 0.3) is 6.08 Å². The topological polar surface area (TPSA) is 20.2 Å². The molecule has 0 aromatic heterocycles. The van der Waals surface area contributed by atoms with Crippen molar-refractivity contribution >= 4 is 6.08 Å². The average molecular weight is 176 g/mol. The Hall–Kier alpha value is -1.08. The van der Waals surface area contributed by atoms with Gasteiger partial charge >= 0.3 is 0 Å². The van der Waals surface area contributed by atoms with Crippen LogP contribution in [0, 0.1) is 0 Å². The lowest BCUT2D eigenvalue weighted by molar-refractivity contribution is 0.0841. The summed E-state index contributed by atoms with van der Waals surface area (Å²) in [5, 5.41) is 9.44. The van der Waals surface area contributed by atoms with Crippen molar-refractivity contribution in [1.29, 1.82) is 0 Å². The fraction of sp³-hybridized carbons (Fsp3) is 0.333. The first kappa shape index (κ1) is 10.0. The summed E-state index contributed by atoms with van der Waals surface area (Å²) in [7, 11) is 0. The molecule has 13 heavy (non-hydrogen) atoms.